The van der Waals surface area contributed by atoms with E-state index >= 15 is 0 Å². The Balaban J connectivity index is 2.04. The van der Waals surface area contributed by atoms with E-state index in [9.17, 15) is 9.90 Å². The van der Waals surface area contributed by atoms with Gasteiger partial charge >= 0.3 is 0 Å². The Morgan fingerprint density at radius 3 is 2.60 bits per heavy atom. The lowest BCUT2D eigenvalue weighted by molar-refractivity contribution is 0.0641. The van der Waals surface area contributed by atoms with Crippen LogP contribution < -0.4 is 5.32 Å². The number of amides is 1. The monoisotopic (exact) mass is 207 g/mol. The number of hydrogen-bond donors (Lipinski definition) is 2. The third-order valence-corrected chi connectivity index (χ3v) is 2.81. The summed E-state index contributed by atoms with van der Waals surface area (Å²) in [7, 11) is 0. The zero-order valence-corrected chi connectivity index (χ0v) is 8.31. The van der Waals surface area contributed by atoms with Crippen molar-refractivity contribution in [2.45, 2.75) is 24.8 Å². The molecule has 0 aromatic carbocycles. The minimum Gasteiger partial charge on any atom is -0.394 e. The number of rotatable bonds is 3. The minimum atomic E-state index is -0.410. The zero-order valence-electron chi connectivity index (χ0n) is 8.31. The predicted octanol–water partition coefficient (Wildman–Crippen LogP) is 0.121. The highest BCUT2D eigenvalue weighted by molar-refractivity contribution is 5.94. The molecule has 1 amide bonds. The van der Waals surface area contributed by atoms with Gasteiger partial charge < -0.3 is 10.4 Å². The average molecular weight is 207 g/mol. The van der Waals surface area contributed by atoms with E-state index in [0.29, 0.717) is 5.56 Å². The summed E-state index contributed by atoms with van der Waals surface area (Å²) in [6.45, 7) is -0.00751. The standard InChI is InChI=1S/C10H13N3O2/c14-6-10(2-1-3-10)13-9(15)8-4-11-7-12-5-8/h4-5,7,14H,1-3,6H2,(H,13,15). The van der Waals surface area contributed by atoms with Gasteiger partial charge in [-0.3, -0.25) is 4.79 Å². The summed E-state index contributed by atoms with van der Waals surface area (Å²) >= 11 is 0. The van der Waals surface area contributed by atoms with Crippen molar-refractivity contribution < 1.29 is 9.90 Å². The number of carbonyl (C=O) groups excluding carboxylic acids is 1. The largest absolute Gasteiger partial charge is 0.394 e. The van der Waals surface area contributed by atoms with Crippen LogP contribution >= 0.6 is 0 Å². The summed E-state index contributed by atoms with van der Waals surface area (Å²) in [4.78, 5) is 19.3. The quantitative estimate of drug-likeness (QED) is 0.738. The Kier molecular flexibility index (Phi) is 2.64. The van der Waals surface area contributed by atoms with Crippen molar-refractivity contribution in [3.05, 3.63) is 24.3 Å². The van der Waals surface area contributed by atoms with E-state index in [1.165, 1.54) is 18.7 Å². The highest BCUT2D eigenvalue weighted by Crippen LogP contribution is 2.31. The van der Waals surface area contributed by atoms with Gasteiger partial charge in [-0.2, -0.15) is 0 Å². The fourth-order valence-electron chi connectivity index (χ4n) is 1.66. The van der Waals surface area contributed by atoms with E-state index in [2.05, 4.69) is 15.3 Å². The summed E-state index contributed by atoms with van der Waals surface area (Å²) in [5.41, 5.74) is 0.0182. The van der Waals surface area contributed by atoms with Gasteiger partial charge in [-0.1, -0.05) is 0 Å². The lowest BCUT2D eigenvalue weighted by Crippen LogP contribution is -2.56. The van der Waals surface area contributed by atoms with E-state index < -0.39 is 5.54 Å². The minimum absolute atomic E-state index is 0.00751. The molecule has 0 atom stereocenters. The van der Waals surface area contributed by atoms with Crippen LogP contribution in [-0.4, -0.2) is 33.1 Å². The smallest absolute Gasteiger partial charge is 0.254 e. The first-order valence-electron chi connectivity index (χ1n) is 4.94. The molecule has 0 radical (unpaired) electrons. The first-order chi connectivity index (χ1) is 7.26. The number of aromatic nitrogens is 2. The maximum absolute atomic E-state index is 11.7. The van der Waals surface area contributed by atoms with Gasteiger partial charge in [0.15, 0.2) is 0 Å². The Labute approximate surface area is 87.6 Å². The van der Waals surface area contributed by atoms with Crippen molar-refractivity contribution in [1.82, 2.24) is 15.3 Å². The zero-order chi connectivity index (χ0) is 10.7. The molecule has 1 saturated carbocycles. The van der Waals surface area contributed by atoms with Gasteiger partial charge in [-0.25, -0.2) is 9.97 Å². The lowest BCUT2D eigenvalue weighted by Gasteiger charge is -2.40. The Morgan fingerprint density at radius 1 is 1.47 bits per heavy atom. The summed E-state index contributed by atoms with van der Waals surface area (Å²) in [6, 6.07) is 0. The van der Waals surface area contributed by atoms with Crippen LogP contribution in [0.5, 0.6) is 0 Å². The number of aliphatic hydroxyl groups excluding tert-OH is 1. The van der Waals surface area contributed by atoms with Gasteiger partial charge in [0.05, 0.1) is 17.7 Å². The van der Waals surface area contributed by atoms with Crippen LogP contribution in [0.2, 0.25) is 0 Å². The molecule has 15 heavy (non-hydrogen) atoms. The molecule has 5 heteroatoms. The van der Waals surface area contributed by atoms with Crippen molar-refractivity contribution in [1.29, 1.82) is 0 Å². The van der Waals surface area contributed by atoms with Crippen LogP contribution in [0.4, 0.5) is 0 Å². The SMILES string of the molecule is O=C(NC1(CO)CCC1)c1cncnc1. The van der Waals surface area contributed by atoms with Crippen molar-refractivity contribution in [3.63, 3.8) is 0 Å². The van der Waals surface area contributed by atoms with Crippen LogP contribution in [-0.2, 0) is 0 Å². The predicted molar refractivity (Wildman–Crippen MR) is 53.2 cm³/mol. The van der Waals surface area contributed by atoms with Gasteiger partial charge in [0.25, 0.3) is 5.91 Å². The molecule has 1 fully saturated rings. The molecule has 0 bridgehead atoms. The maximum atomic E-state index is 11.7. The van der Waals surface area contributed by atoms with Gasteiger partial charge in [0.1, 0.15) is 6.33 Å². The van der Waals surface area contributed by atoms with Crippen molar-refractivity contribution in [2.75, 3.05) is 6.61 Å². The molecule has 1 aliphatic carbocycles. The van der Waals surface area contributed by atoms with Crippen molar-refractivity contribution >= 4 is 5.91 Å². The third kappa shape index (κ3) is 1.97. The van der Waals surface area contributed by atoms with Crippen molar-refractivity contribution in [2.24, 2.45) is 0 Å². The summed E-state index contributed by atoms with van der Waals surface area (Å²) in [5.74, 6) is -0.218. The highest BCUT2D eigenvalue weighted by Gasteiger charge is 2.37. The molecule has 1 heterocycles. The summed E-state index contributed by atoms with van der Waals surface area (Å²) in [6.07, 6.45) is 7.03. The second kappa shape index (κ2) is 3.94. The van der Waals surface area contributed by atoms with E-state index in [1.54, 1.807) is 0 Å². The molecule has 0 saturated heterocycles. The number of carbonyl (C=O) groups is 1. The molecule has 5 nitrogen and oxygen atoms in total. The second-order valence-corrected chi connectivity index (χ2v) is 3.87. The van der Waals surface area contributed by atoms with Crippen molar-refractivity contribution in [3.8, 4) is 0 Å². The first-order valence-corrected chi connectivity index (χ1v) is 4.94. The molecule has 1 aromatic rings. The molecule has 0 spiro atoms. The summed E-state index contributed by atoms with van der Waals surface area (Å²) in [5, 5.41) is 12.0. The number of nitrogens with zero attached hydrogens (tertiary/aromatic N) is 2. The van der Waals surface area contributed by atoms with E-state index in [-0.39, 0.29) is 12.5 Å². The molecule has 2 rings (SSSR count). The normalized spacial score (nSPS) is 17.9. The van der Waals surface area contributed by atoms with Gasteiger partial charge in [0, 0.05) is 12.4 Å². The Morgan fingerprint density at radius 2 is 2.13 bits per heavy atom. The number of hydrogen-bond acceptors (Lipinski definition) is 4. The van der Waals surface area contributed by atoms with E-state index in [1.807, 2.05) is 0 Å². The fourth-order valence-corrected chi connectivity index (χ4v) is 1.66. The van der Waals surface area contributed by atoms with Gasteiger partial charge in [-0.05, 0) is 19.3 Å². The topological polar surface area (TPSA) is 75.1 Å². The molecule has 0 unspecified atom stereocenters. The fraction of sp³-hybridized carbons (Fsp3) is 0.500. The number of aliphatic hydroxyl groups is 1. The van der Waals surface area contributed by atoms with Crippen LogP contribution in [0.3, 0.4) is 0 Å². The van der Waals surface area contributed by atoms with Crippen LogP contribution in [0.15, 0.2) is 18.7 Å². The number of nitrogens with one attached hydrogen (secondary N) is 1. The lowest BCUT2D eigenvalue weighted by atomic mass is 9.77. The molecule has 1 aromatic heterocycles. The highest BCUT2D eigenvalue weighted by atomic mass is 16.3. The molecule has 80 valence electrons. The Hall–Kier alpha value is -1.49. The molecular formula is C10H13N3O2. The first kappa shape index (κ1) is 10.0. The van der Waals surface area contributed by atoms with Crippen LogP contribution in [0.1, 0.15) is 29.6 Å². The second-order valence-electron chi connectivity index (χ2n) is 3.87. The van der Waals surface area contributed by atoms with E-state index in [4.69, 9.17) is 0 Å². The van der Waals surface area contributed by atoms with Crippen LogP contribution in [0, 0.1) is 0 Å². The third-order valence-electron chi connectivity index (χ3n) is 2.81. The van der Waals surface area contributed by atoms with Gasteiger partial charge in [0.2, 0.25) is 0 Å². The molecule has 2 N–H and O–H groups in total. The average Bonchev–Trinajstić information content (AvgIpc) is 2.24. The molecule has 1 aliphatic rings. The molecule has 0 aliphatic heterocycles. The Bertz CT molecular complexity index is 343. The van der Waals surface area contributed by atoms with Gasteiger partial charge in [-0.15, -0.1) is 0 Å². The van der Waals surface area contributed by atoms with E-state index in [0.717, 1.165) is 19.3 Å². The maximum Gasteiger partial charge on any atom is 0.254 e. The van der Waals surface area contributed by atoms with Crippen LogP contribution in [0.25, 0.3) is 0 Å². The summed E-state index contributed by atoms with van der Waals surface area (Å²) < 4.78 is 0. The molecular weight excluding hydrogens is 194 g/mol.